The van der Waals surface area contributed by atoms with E-state index >= 15 is 0 Å². The van der Waals surface area contributed by atoms with Gasteiger partial charge in [0.05, 0.1) is 12.2 Å². The van der Waals surface area contributed by atoms with E-state index in [1.165, 1.54) is 10.5 Å². The Balaban J connectivity index is 1.63. The van der Waals surface area contributed by atoms with Gasteiger partial charge >= 0.3 is 0 Å². The van der Waals surface area contributed by atoms with Gasteiger partial charge in [-0.3, -0.25) is 0 Å². The molecular formula is C23H21NO2S. The standard InChI is InChI=1S/C23H21NO2S/c1-16-11-13-18(14-12-16)27-21-10-6-5-9-19(21)23-24-20(15-25)22(26-23)17-7-3-2-4-8-17/h2-14,20,22,25H,15H2,1H3/t20-,22-/m0/s1. The molecule has 3 nitrogen and oxygen atoms in total. The molecule has 0 saturated heterocycles. The fraction of sp³-hybridized carbons (Fsp3) is 0.174. The summed E-state index contributed by atoms with van der Waals surface area (Å²) in [6.45, 7) is 2.04. The lowest BCUT2D eigenvalue weighted by atomic mass is 10.0. The van der Waals surface area contributed by atoms with Gasteiger partial charge in [0, 0.05) is 9.79 Å². The van der Waals surface area contributed by atoms with Gasteiger partial charge in [-0.15, -0.1) is 0 Å². The predicted molar refractivity (Wildman–Crippen MR) is 109 cm³/mol. The molecule has 3 aromatic rings. The van der Waals surface area contributed by atoms with E-state index in [2.05, 4.69) is 42.2 Å². The number of aliphatic hydroxyl groups excluding tert-OH is 1. The van der Waals surface area contributed by atoms with E-state index in [4.69, 9.17) is 4.74 Å². The van der Waals surface area contributed by atoms with Crippen molar-refractivity contribution in [3.63, 3.8) is 0 Å². The van der Waals surface area contributed by atoms with Crippen LogP contribution in [-0.2, 0) is 4.74 Å². The highest BCUT2D eigenvalue weighted by molar-refractivity contribution is 7.99. The largest absolute Gasteiger partial charge is 0.467 e. The number of benzene rings is 3. The molecule has 0 amide bonds. The number of rotatable bonds is 5. The van der Waals surface area contributed by atoms with Crippen LogP contribution >= 0.6 is 11.8 Å². The topological polar surface area (TPSA) is 41.8 Å². The fourth-order valence-electron chi connectivity index (χ4n) is 3.12. The number of hydrogen-bond acceptors (Lipinski definition) is 4. The Hall–Kier alpha value is -2.56. The molecule has 27 heavy (non-hydrogen) atoms. The average molecular weight is 375 g/mol. The molecule has 1 N–H and O–H groups in total. The first-order valence-corrected chi connectivity index (χ1v) is 9.80. The zero-order chi connectivity index (χ0) is 18.6. The van der Waals surface area contributed by atoms with Gasteiger partial charge in [0.25, 0.3) is 0 Å². The number of aryl methyl sites for hydroxylation is 1. The first-order chi connectivity index (χ1) is 13.2. The Morgan fingerprint density at radius 2 is 1.63 bits per heavy atom. The normalized spacial score (nSPS) is 18.8. The van der Waals surface area contributed by atoms with Crippen LogP contribution in [0.3, 0.4) is 0 Å². The van der Waals surface area contributed by atoms with E-state index in [0.29, 0.717) is 5.90 Å². The second kappa shape index (κ2) is 7.99. The molecule has 0 fully saturated rings. The van der Waals surface area contributed by atoms with E-state index in [9.17, 15) is 5.11 Å². The van der Waals surface area contributed by atoms with Crippen LogP contribution in [0.5, 0.6) is 0 Å². The minimum atomic E-state index is -0.292. The lowest BCUT2D eigenvalue weighted by Crippen LogP contribution is -2.17. The van der Waals surface area contributed by atoms with E-state index in [1.807, 2.05) is 48.5 Å². The first kappa shape index (κ1) is 17.8. The summed E-state index contributed by atoms with van der Waals surface area (Å²) in [6, 6.07) is 26.3. The van der Waals surface area contributed by atoms with Crippen molar-refractivity contribution in [1.29, 1.82) is 0 Å². The molecule has 1 aliphatic heterocycles. The molecule has 1 heterocycles. The molecular weight excluding hydrogens is 354 g/mol. The van der Waals surface area contributed by atoms with Crippen LogP contribution in [0.4, 0.5) is 0 Å². The van der Waals surface area contributed by atoms with Crippen molar-refractivity contribution in [2.24, 2.45) is 4.99 Å². The Morgan fingerprint density at radius 1 is 0.926 bits per heavy atom. The second-order valence-corrected chi connectivity index (χ2v) is 7.66. The van der Waals surface area contributed by atoms with Crippen LogP contribution in [0.15, 0.2) is 93.6 Å². The van der Waals surface area contributed by atoms with Crippen molar-refractivity contribution < 1.29 is 9.84 Å². The molecule has 0 bridgehead atoms. The molecule has 4 rings (SSSR count). The zero-order valence-corrected chi connectivity index (χ0v) is 15.9. The van der Waals surface area contributed by atoms with Gasteiger partial charge in [-0.25, -0.2) is 4.99 Å². The van der Waals surface area contributed by atoms with Crippen LogP contribution in [0.1, 0.15) is 22.8 Å². The molecule has 0 aromatic heterocycles. The van der Waals surface area contributed by atoms with Gasteiger partial charge in [0.2, 0.25) is 5.90 Å². The number of aliphatic hydroxyl groups is 1. The van der Waals surface area contributed by atoms with Gasteiger partial charge in [-0.2, -0.15) is 0 Å². The smallest absolute Gasteiger partial charge is 0.218 e. The number of aliphatic imine (C=N–C) groups is 1. The lowest BCUT2D eigenvalue weighted by molar-refractivity contribution is 0.151. The second-order valence-electron chi connectivity index (χ2n) is 6.54. The average Bonchev–Trinajstić information content (AvgIpc) is 3.15. The zero-order valence-electron chi connectivity index (χ0n) is 15.1. The van der Waals surface area contributed by atoms with Gasteiger partial charge in [-0.1, -0.05) is 71.9 Å². The minimum absolute atomic E-state index is 0.0453. The Bertz CT molecular complexity index is 938. The number of nitrogens with zero attached hydrogens (tertiary/aromatic N) is 1. The van der Waals surface area contributed by atoms with E-state index < -0.39 is 0 Å². The van der Waals surface area contributed by atoms with Crippen molar-refractivity contribution in [3.05, 3.63) is 95.6 Å². The monoisotopic (exact) mass is 375 g/mol. The molecule has 0 unspecified atom stereocenters. The van der Waals surface area contributed by atoms with E-state index in [0.717, 1.165) is 16.0 Å². The summed E-state index contributed by atoms with van der Waals surface area (Å²) >= 11 is 1.69. The van der Waals surface area contributed by atoms with Gasteiger partial charge in [0.15, 0.2) is 6.10 Å². The van der Waals surface area contributed by atoms with Crippen molar-refractivity contribution >= 4 is 17.7 Å². The maximum absolute atomic E-state index is 9.80. The first-order valence-electron chi connectivity index (χ1n) is 8.99. The molecule has 4 heteroatoms. The Kier molecular flexibility index (Phi) is 5.28. The van der Waals surface area contributed by atoms with Crippen LogP contribution in [0.25, 0.3) is 0 Å². The van der Waals surface area contributed by atoms with Gasteiger partial charge in [-0.05, 0) is 36.8 Å². The molecule has 0 spiro atoms. The van der Waals surface area contributed by atoms with Crippen LogP contribution < -0.4 is 0 Å². The number of hydrogen-bond donors (Lipinski definition) is 1. The third kappa shape index (κ3) is 3.92. The summed E-state index contributed by atoms with van der Waals surface area (Å²) in [5.41, 5.74) is 3.23. The summed E-state index contributed by atoms with van der Waals surface area (Å²) < 4.78 is 6.21. The van der Waals surface area contributed by atoms with Crippen LogP contribution in [0.2, 0.25) is 0 Å². The predicted octanol–water partition coefficient (Wildman–Crippen LogP) is 5.03. The molecule has 136 valence electrons. The van der Waals surface area contributed by atoms with Crippen LogP contribution in [0, 0.1) is 6.92 Å². The molecule has 1 aliphatic rings. The molecule has 2 atom stereocenters. The highest BCUT2D eigenvalue weighted by Crippen LogP contribution is 2.36. The van der Waals surface area contributed by atoms with Gasteiger partial charge < -0.3 is 9.84 Å². The maximum atomic E-state index is 9.80. The lowest BCUT2D eigenvalue weighted by Gasteiger charge is -2.17. The Labute approximate surface area is 163 Å². The van der Waals surface area contributed by atoms with Crippen molar-refractivity contribution in [1.82, 2.24) is 0 Å². The van der Waals surface area contributed by atoms with Crippen LogP contribution in [-0.4, -0.2) is 23.7 Å². The molecule has 0 radical (unpaired) electrons. The molecule has 3 aromatic carbocycles. The third-order valence-electron chi connectivity index (χ3n) is 4.55. The summed E-state index contributed by atoms with van der Waals surface area (Å²) in [6.07, 6.45) is -0.261. The minimum Gasteiger partial charge on any atom is -0.467 e. The van der Waals surface area contributed by atoms with Crippen molar-refractivity contribution in [2.45, 2.75) is 28.9 Å². The van der Waals surface area contributed by atoms with E-state index in [-0.39, 0.29) is 18.8 Å². The summed E-state index contributed by atoms with van der Waals surface area (Å²) in [5, 5.41) is 9.80. The molecule has 0 aliphatic carbocycles. The third-order valence-corrected chi connectivity index (χ3v) is 5.64. The van der Waals surface area contributed by atoms with E-state index in [1.54, 1.807) is 11.8 Å². The van der Waals surface area contributed by atoms with Crippen molar-refractivity contribution in [2.75, 3.05) is 6.61 Å². The van der Waals surface area contributed by atoms with Crippen molar-refractivity contribution in [3.8, 4) is 0 Å². The maximum Gasteiger partial charge on any atom is 0.218 e. The SMILES string of the molecule is Cc1ccc(Sc2ccccc2C2=N[C@@H](CO)[C@H](c3ccccc3)O2)cc1. The quantitative estimate of drug-likeness (QED) is 0.680. The van der Waals surface area contributed by atoms with Gasteiger partial charge in [0.1, 0.15) is 6.04 Å². The number of ether oxygens (including phenoxy) is 1. The summed E-state index contributed by atoms with van der Waals surface area (Å²) in [4.78, 5) is 6.94. The molecule has 0 saturated carbocycles. The fourth-order valence-corrected chi connectivity index (χ4v) is 4.05. The summed E-state index contributed by atoms with van der Waals surface area (Å²) in [7, 11) is 0. The summed E-state index contributed by atoms with van der Waals surface area (Å²) in [5.74, 6) is 0.595. The Morgan fingerprint density at radius 3 is 2.37 bits per heavy atom. The highest BCUT2D eigenvalue weighted by atomic mass is 32.2. The highest BCUT2D eigenvalue weighted by Gasteiger charge is 2.33.